The molecule has 0 aromatic carbocycles. The lowest BCUT2D eigenvalue weighted by Crippen LogP contribution is -2.42. The molecule has 116 valence electrons. The normalized spacial score (nSPS) is 15.9. The van der Waals surface area contributed by atoms with Gasteiger partial charge in [-0.25, -0.2) is 9.78 Å². The highest BCUT2D eigenvalue weighted by atomic mass is 35.5. The van der Waals surface area contributed by atoms with E-state index in [4.69, 9.17) is 22.1 Å². The summed E-state index contributed by atoms with van der Waals surface area (Å²) in [5, 5.41) is 3.46. The molecule has 0 spiro atoms. The number of aromatic nitrogens is 2. The molecule has 1 saturated heterocycles. The van der Waals surface area contributed by atoms with E-state index in [0.29, 0.717) is 36.9 Å². The number of piperidine rings is 1. The fourth-order valence-corrected chi connectivity index (χ4v) is 2.48. The van der Waals surface area contributed by atoms with Crippen molar-refractivity contribution < 1.29 is 9.53 Å². The van der Waals surface area contributed by atoms with Crippen LogP contribution in [0.15, 0.2) is 0 Å². The number of hydrogen-bond acceptors (Lipinski definition) is 6. The van der Waals surface area contributed by atoms with E-state index in [1.54, 1.807) is 18.7 Å². The number of amides is 1. The first-order chi connectivity index (χ1) is 10.0. The summed E-state index contributed by atoms with van der Waals surface area (Å²) in [7, 11) is 0. The van der Waals surface area contributed by atoms with Crippen molar-refractivity contribution in [1.82, 2.24) is 14.9 Å². The summed E-state index contributed by atoms with van der Waals surface area (Å²) in [4.78, 5) is 21.5. The highest BCUT2D eigenvalue weighted by Crippen LogP contribution is 2.23. The van der Waals surface area contributed by atoms with Gasteiger partial charge in [0.15, 0.2) is 5.82 Å². The molecule has 7 nitrogen and oxygen atoms in total. The van der Waals surface area contributed by atoms with E-state index < -0.39 is 0 Å². The zero-order chi connectivity index (χ0) is 15.4. The van der Waals surface area contributed by atoms with E-state index in [1.165, 1.54) is 0 Å². The lowest BCUT2D eigenvalue weighted by atomic mass is 10.1. The number of aryl methyl sites for hydroxylation is 1. The smallest absolute Gasteiger partial charge is 0.409 e. The number of likely N-dealkylation sites (tertiary alicyclic amines) is 1. The number of nitrogens with two attached hydrogens (primary N) is 1. The molecule has 1 aliphatic rings. The molecule has 1 aliphatic heterocycles. The molecular weight excluding hydrogens is 294 g/mol. The van der Waals surface area contributed by atoms with Gasteiger partial charge in [-0.05, 0) is 38.3 Å². The zero-order valence-corrected chi connectivity index (χ0v) is 13.0. The molecule has 1 amide bonds. The van der Waals surface area contributed by atoms with Gasteiger partial charge in [0.2, 0.25) is 5.28 Å². The zero-order valence-electron chi connectivity index (χ0n) is 12.2. The lowest BCUT2D eigenvalue weighted by Gasteiger charge is -2.32. The van der Waals surface area contributed by atoms with Crippen LogP contribution in [0.2, 0.25) is 5.28 Å². The first-order valence-corrected chi connectivity index (χ1v) is 7.37. The first kappa shape index (κ1) is 15.6. The fourth-order valence-electron chi connectivity index (χ4n) is 2.27. The number of carbonyl (C=O) groups is 1. The monoisotopic (exact) mass is 313 g/mol. The Morgan fingerprint density at radius 3 is 2.76 bits per heavy atom. The van der Waals surface area contributed by atoms with Crippen molar-refractivity contribution in [1.29, 1.82) is 0 Å². The first-order valence-electron chi connectivity index (χ1n) is 6.99. The predicted molar refractivity (Wildman–Crippen MR) is 81.4 cm³/mol. The summed E-state index contributed by atoms with van der Waals surface area (Å²) in [6.07, 6.45) is 1.36. The summed E-state index contributed by atoms with van der Waals surface area (Å²) in [5.41, 5.74) is 7.11. The van der Waals surface area contributed by atoms with Gasteiger partial charge in [0.1, 0.15) is 0 Å². The number of anilines is 2. The molecule has 2 heterocycles. The maximum Gasteiger partial charge on any atom is 0.409 e. The number of halogens is 1. The Morgan fingerprint density at radius 2 is 2.14 bits per heavy atom. The van der Waals surface area contributed by atoms with Gasteiger partial charge < -0.3 is 20.7 Å². The third kappa shape index (κ3) is 3.87. The average Bonchev–Trinajstić information content (AvgIpc) is 2.45. The molecule has 0 bridgehead atoms. The van der Waals surface area contributed by atoms with E-state index in [0.717, 1.165) is 12.8 Å². The molecule has 1 fully saturated rings. The third-order valence-corrected chi connectivity index (χ3v) is 3.64. The standard InChI is InChI=1S/C13H20ClN5O2/c1-3-21-13(20)19-6-4-9(5-7-19)17-11-10(15)8(2)16-12(14)18-11/h9H,3-7,15H2,1-2H3,(H,16,17,18). The maximum absolute atomic E-state index is 11.6. The van der Waals surface area contributed by atoms with Gasteiger partial charge in [-0.2, -0.15) is 4.98 Å². The summed E-state index contributed by atoms with van der Waals surface area (Å²) in [6, 6.07) is 0.198. The molecule has 0 atom stereocenters. The van der Waals surface area contributed by atoms with E-state index in [9.17, 15) is 4.79 Å². The van der Waals surface area contributed by atoms with Crippen molar-refractivity contribution in [2.24, 2.45) is 0 Å². The van der Waals surface area contributed by atoms with E-state index in [-0.39, 0.29) is 17.4 Å². The number of ether oxygens (including phenoxy) is 1. The molecular formula is C13H20ClN5O2. The largest absolute Gasteiger partial charge is 0.450 e. The van der Waals surface area contributed by atoms with Crippen LogP contribution in [0.5, 0.6) is 0 Å². The number of nitrogen functional groups attached to an aromatic ring is 1. The molecule has 0 radical (unpaired) electrons. The van der Waals surface area contributed by atoms with Crippen molar-refractivity contribution >= 4 is 29.2 Å². The van der Waals surface area contributed by atoms with Crippen molar-refractivity contribution in [3.05, 3.63) is 11.0 Å². The second-order valence-corrected chi connectivity index (χ2v) is 5.28. The minimum atomic E-state index is -0.253. The Hall–Kier alpha value is -1.76. The van der Waals surface area contributed by atoms with Gasteiger partial charge in [-0.1, -0.05) is 0 Å². The molecule has 1 aromatic rings. The summed E-state index contributed by atoms with van der Waals surface area (Å²) in [6.45, 7) is 5.28. The highest BCUT2D eigenvalue weighted by Gasteiger charge is 2.24. The van der Waals surface area contributed by atoms with Gasteiger partial charge in [0.05, 0.1) is 18.0 Å². The SMILES string of the molecule is CCOC(=O)N1CCC(Nc2nc(Cl)nc(C)c2N)CC1. The Balaban J connectivity index is 1.93. The Morgan fingerprint density at radius 1 is 1.48 bits per heavy atom. The summed E-state index contributed by atoms with van der Waals surface area (Å²) >= 11 is 5.85. The number of nitrogens with one attached hydrogen (secondary N) is 1. The number of rotatable bonds is 3. The van der Waals surface area contributed by atoms with Crippen LogP contribution in [0, 0.1) is 6.92 Å². The van der Waals surface area contributed by atoms with Crippen molar-refractivity contribution in [3.8, 4) is 0 Å². The second-order valence-electron chi connectivity index (χ2n) is 4.94. The van der Waals surface area contributed by atoms with Gasteiger partial charge in [0.25, 0.3) is 0 Å². The Kier molecular flexibility index (Phi) is 5.06. The minimum Gasteiger partial charge on any atom is -0.450 e. The molecule has 0 unspecified atom stereocenters. The maximum atomic E-state index is 11.6. The van der Waals surface area contributed by atoms with E-state index in [2.05, 4.69) is 15.3 Å². The molecule has 3 N–H and O–H groups in total. The topological polar surface area (TPSA) is 93.4 Å². The van der Waals surface area contributed by atoms with Crippen LogP contribution in [0.25, 0.3) is 0 Å². The number of nitrogens with zero attached hydrogens (tertiary/aromatic N) is 3. The van der Waals surface area contributed by atoms with Crippen LogP contribution in [0.1, 0.15) is 25.5 Å². The average molecular weight is 314 g/mol. The quantitative estimate of drug-likeness (QED) is 0.830. The van der Waals surface area contributed by atoms with Crippen LogP contribution < -0.4 is 11.1 Å². The van der Waals surface area contributed by atoms with Gasteiger partial charge in [-0.15, -0.1) is 0 Å². The summed E-state index contributed by atoms with van der Waals surface area (Å²) < 4.78 is 4.99. The van der Waals surface area contributed by atoms with Crippen LogP contribution >= 0.6 is 11.6 Å². The molecule has 8 heteroatoms. The van der Waals surface area contributed by atoms with Crippen molar-refractivity contribution in [2.75, 3.05) is 30.7 Å². The molecule has 0 aliphatic carbocycles. The second kappa shape index (κ2) is 6.80. The van der Waals surface area contributed by atoms with E-state index >= 15 is 0 Å². The number of hydrogen-bond donors (Lipinski definition) is 2. The molecule has 1 aromatic heterocycles. The molecule has 2 rings (SSSR count). The Bertz CT molecular complexity index is 518. The van der Waals surface area contributed by atoms with Crippen LogP contribution in [-0.4, -0.2) is 46.7 Å². The molecule has 21 heavy (non-hydrogen) atoms. The van der Waals surface area contributed by atoms with Crippen LogP contribution in [-0.2, 0) is 4.74 Å². The number of carbonyl (C=O) groups excluding carboxylic acids is 1. The van der Waals surface area contributed by atoms with Gasteiger partial charge in [0, 0.05) is 19.1 Å². The van der Waals surface area contributed by atoms with Crippen LogP contribution in [0.4, 0.5) is 16.3 Å². The van der Waals surface area contributed by atoms with Crippen LogP contribution in [0.3, 0.4) is 0 Å². The highest BCUT2D eigenvalue weighted by molar-refractivity contribution is 6.28. The van der Waals surface area contributed by atoms with Crippen molar-refractivity contribution in [2.45, 2.75) is 32.7 Å². The van der Waals surface area contributed by atoms with Gasteiger partial charge >= 0.3 is 6.09 Å². The third-order valence-electron chi connectivity index (χ3n) is 3.47. The Labute approximate surface area is 128 Å². The predicted octanol–water partition coefficient (Wildman–Crippen LogP) is 2.05. The minimum absolute atomic E-state index is 0.174. The van der Waals surface area contributed by atoms with Crippen molar-refractivity contribution in [3.63, 3.8) is 0 Å². The summed E-state index contributed by atoms with van der Waals surface area (Å²) in [5.74, 6) is 0.557. The molecule has 0 saturated carbocycles. The lowest BCUT2D eigenvalue weighted by molar-refractivity contribution is 0.0983. The van der Waals surface area contributed by atoms with E-state index in [1.807, 2.05) is 0 Å². The fraction of sp³-hybridized carbons (Fsp3) is 0.615. The van der Waals surface area contributed by atoms with Gasteiger partial charge in [-0.3, -0.25) is 0 Å².